The lowest BCUT2D eigenvalue weighted by Gasteiger charge is -2.21. The van der Waals surface area contributed by atoms with Gasteiger partial charge in [-0.15, -0.1) is 0 Å². The van der Waals surface area contributed by atoms with Gasteiger partial charge in [0.25, 0.3) is 0 Å². The summed E-state index contributed by atoms with van der Waals surface area (Å²) in [7, 11) is -2.90. The second kappa shape index (κ2) is 4.72. The van der Waals surface area contributed by atoms with Crippen LogP contribution in [0.1, 0.15) is 12.1 Å². The SMILES string of the molecule is N#Cc1cc(N2CCCS(=O)(=O)CC2)ccn1. The third-order valence-electron chi connectivity index (χ3n) is 2.78. The first-order chi connectivity index (χ1) is 8.11. The Kier molecular flexibility index (Phi) is 3.29. The second-order valence-electron chi connectivity index (χ2n) is 4.00. The second-order valence-corrected chi connectivity index (χ2v) is 6.31. The largest absolute Gasteiger partial charge is 0.370 e. The van der Waals surface area contributed by atoms with Crippen LogP contribution in [0.4, 0.5) is 5.69 Å². The van der Waals surface area contributed by atoms with E-state index in [2.05, 4.69) is 4.98 Å². The molecule has 0 aromatic carbocycles. The number of nitrogens with zero attached hydrogens (tertiary/aromatic N) is 3. The zero-order chi connectivity index (χ0) is 12.3. The van der Waals surface area contributed by atoms with Crippen molar-refractivity contribution >= 4 is 15.5 Å². The molecule has 90 valence electrons. The zero-order valence-electron chi connectivity index (χ0n) is 9.33. The molecule has 0 atom stereocenters. The molecule has 0 N–H and O–H groups in total. The molecule has 0 saturated carbocycles. The molecule has 0 unspecified atom stereocenters. The summed E-state index contributed by atoms with van der Waals surface area (Å²) in [5.41, 5.74) is 1.23. The maximum atomic E-state index is 11.5. The van der Waals surface area contributed by atoms with Gasteiger partial charge >= 0.3 is 0 Å². The van der Waals surface area contributed by atoms with Crippen LogP contribution in [0.25, 0.3) is 0 Å². The van der Waals surface area contributed by atoms with Crippen molar-refractivity contribution in [2.75, 3.05) is 29.5 Å². The third-order valence-corrected chi connectivity index (χ3v) is 4.49. The van der Waals surface area contributed by atoms with Gasteiger partial charge in [-0.05, 0) is 18.6 Å². The van der Waals surface area contributed by atoms with E-state index < -0.39 is 9.84 Å². The first-order valence-corrected chi connectivity index (χ1v) is 7.24. The molecule has 5 nitrogen and oxygen atoms in total. The molecule has 1 aliphatic heterocycles. The summed E-state index contributed by atoms with van der Waals surface area (Å²) in [4.78, 5) is 5.89. The maximum absolute atomic E-state index is 11.5. The summed E-state index contributed by atoms with van der Waals surface area (Å²) in [5, 5.41) is 8.77. The predicted octanol–water partition coefficient (Wildman–Crippen LogP) is 0.578. The van der Waals surface area contributed by atoms with E-state index in [1.165, 1.54) is 0 Å². The van der Waals surface area contributed by atoms with Gasteiger partial charge in [0, 0.05) is 25.0 Å². The molecular weight excluding hydrogens is 238 g/mol. The minimum absolute atomic E-state index is 0.178. The summed E-state index contributed by atoms with van der Waals surface area (Å²) < 4.78 is 23.0. The van der Waals surface area contributed by atoms with Crippen molar-refractivity contribution < 1.29 is 8.42 Å². The van der Waals surface area contributed by atoms with Gasteiger partial charge < -0.3 is 4.90 Å². The van der Waals surface area contributed by atoms with Crippen molar-refractivity contribution in [3.05, 3.63) is 24.0 Å². The number of hydrogen-bond acceptors (Lipinski definition) is 5. The number of aromatic nitrogens is 1. The molecular formula is C11H13N3O2S. The van der Waals surface area contributed by atoms with Crippen LogP contribution in [0.5, 0.6) is 0 Å². The van der Waals surface area contributed by atoms with E-state index in [0.29, 0.717) is 25.2 Å². The van der Waals surface area contributed by atoms with E-state index in [-0.39, 0.29) is 11.5 Å². The molecule has 0 spiro atoms. The fourth-order valence-electron chi connectivity index (χ4n) is 1.87. The van der Waals surface area contributed by atoms with Crippen molar-refractivity contribution in [2.24, 2.45) is 0 Å². The fourth-order valence-corrected chi connectivity index (χ4v) is 3.15. The van der Waals surface area contributed by atoms with Gasteiger partial charge in [-0.3, -0.25) is 0 Å². The number of hydrogen-bond donors (Lipinski definition) is 0. The van der Waals surface area contributed by atoms with Gasteiger partial charge in [0.2, 0.25) is 0 Å². The Hall–Kier alpha value is -1.61. The van der Waals surface area contributed by atoms with Crippen LogP contribution in [0.3, 0.4) is 0 Å². The van der Waals surface area contributed by atoms with E-state index in [9.17, 15) is 8.42 Å². The number of rotatable bonds is 1. The molecule has 1 aromatic rings. The standard InChI is InChI=1S/C11H13N3O2S/c12-9-10-8-11(2-3-13-10)14-4-1-6-17(15,16)7-5-14/h2-3,8H,1,4-7H2. The van der Waals surface area contributed by atoms with Crippen LogP contribution < -0.4 is 4.90 Å². The van der Waals surface area contributed by atoms with Crippen molar-refractivity contribution in [1.82, 2.24) is 4.98 Å². The zero-order valence-corrected chi connectivity index (χ0v) is 10.2. The summed E-state index contributed by atoms with van der Waals surface area (Å²) in [5.74, 6) is 0.427. The molecule has 1 saturated heterocycles. The predicted molar refractivity (Wildman–Crippen MR) is 64.4 cm³/mol. The molecule has 1 aliphatic rings. The fraction of sp³-hybridized carbons (Fsp3) is 0.455. The van der Waals surface area contributed by atoms with Crippen LogP contribution in [-0.4, -0.2) is 38.0 Å². The monoisotopic (exact) mass is 251 g/mol. The summed E-state index contributed by atoms with van der Waals surface area (Å²) in [6, 6.07) is 5.48. The van der Waals surface area contributed by atoms with Crippen LogP contribution in [0, 0.1) is 11.3 Å². The van der Waals surface area contributed by atoms with Crippen molar-refractivity contribution in [3.63, 3.8) is 0 Å². The number of pyridine rings is 1. The highest BCUT2D eigenvalue weighted by molar-refractivity contribution is 7.91. The number of sulfone groups is 1. The average Bonchev–Trinajstić information content (AvgIpc) is 2.50. The number of anilines is 1. The smallest absolute Gasteiger partial charge is 0.152 e. The quantitative estimate of drug-likeness (QED) is 0.730. The Morgan fingerprint density at radius 1 is 1.35 bits per heavy atom. The highest BCUT2D eigenvalue weighted by Crippen LogP contribution is 2.17. The minimum Gasteiger partial charge on any atom is -0.370 e. The van der Waals surface area contributed by atoms with Crippen LogP contribution in [0.2, 0.25) is 0 Å². The van der Waals surface area contributed by atoms with Crippen LogP contribution in [0.15, 0.2) is 18.3 Å². The van der Waals surface area contributed by atoms with Gasteiger partial charge in [-0.25, -0.2) is 13.4 Å². The molecule has 6 heteroatoms. The Bertz CT molecular complexity index is 548. The highest BCUT2D eigenvalue weighted by Gasteiger charge is 2.19. The summed E-state index contributed by atoms with van der Waals surface area (Å²) in [6.07, 6.45) is 2.21. The highest BCUT2D eigenvalue weighted by atomic mass is 32.2. The van der Waals surface area contributed by atoms with Gasteiger partial charge in [0.1, 0.15) is 11.8 Å². The molecule has 1 fully saturated rings. The van der Waals surface area contributed by atoms with E-state index in [4.69, 9.17) is 5.26 Å². The average molecular weight is 251 g/mol. The van der Waals surface area contributed by atoms with E-state index in [1.807, 2.05) is 11.0 Å². The van der Waals surface area contributed by atoms with Crippen molar-refractivity contribution in [2.45, 2.75) is 6.42 Å². The Balaban J connectivity index is 2.20. The minimum atomic E-state index is -2.90. The van der Waals surface area contributed by atoms with E-state index in [0.717, 1.165) is 5.69 Å². The lowest BCUT2D eigenvalue weighted by molar-refractivity contribution is 0.597. The molecule has 0 bridgehead atoms. The van der Waals surface area contributed by atoms with Crippen LogP contribution in [-0.2, 0) is 9.84 Å². The van der Waals surface area contributed by atoms with E-state index in [1.54, 1.807) is 18.3 Å². The molecule has 1 aromatic heterocycles. The Labute approximate surface area is 101 Å². The van der Waals surface area contributed by atoms with Gasteiger partial charge in [-0.1, -0.05) is 0 Å². The summed E-state index contributed by atoms with van der Waals surface area (Å²) in [6.45, 7) is 1.19. The Morgan fingerprint density at radius 3 is 2.94 bits per heavy atom. The molecule has 0 aliphatic carbocycles. The molecule has 0 amide bonds. The summed E-state index contributed by atoms with van der Waals surface area (Å²) >= 11 is 0. The van der Waals surface area contributed by atoms with Crippen molar-refractivity contribution in [3.8, 4) is 6.07 Å². The maximum Gasteiger partial charge on any atom is 0.152 e. The van der Waals surface area contributed by atoms with Gasteiger partial charge in [0.05, 0.1) is 11.5 Å². The molecule has 0 radical (unpaired) electrons. The lowest BCUT2D eigenvalue weighted by atomic mass is 10.3. The first kappa shape index (κ1) is 11.9. The normalized spacial score (nSPS) is 19.4. The third kappa shape index (κ3) is 2.94. The molecule has 2 heterocycles. The van der Waals surface area contributed by atoms with Gasteiger partial charge in [-0.2, -0.15) is 5.26 Å². The van der Waals surface area contributed by atoms with Gasteiger partial charge in [0.15, 0.2) is 9.84 Å². The topological polar surface area (TPSA) is 74.1 Å². The van der Waals surface area contributed by atoms with Crippen LogP contribution >= 0.6 is 0 Å². The first-order valence-electron chi connectivity index (χ1n) is 5.42. The molecule has 2 rings (SSSR count). The lowest BCUT2D eigenvalue weighted by Crippen LogP contribution is -2.26. The molecule has 17 heavy (non-hydrogen) atoms. The number of nitriles is 1. The van der Waals surface area contributed by atoms with E-state index >= 15 is 0 Å². The Morgan fingerprint density at radius 2 is 2.18 bits per heavy atom. The van der Waals surface area contributed by atoms with Crippen molar-refractivity contribution in [1.29, 1.82) is 5.26 Å².